The number of hydrogen-bond acceptors (Lipinski definition) is 4. The van der Waals surface area contributed by atoms with E-state index in [1.54, 1.807) is 0 Å². The predicted molar refractivity (Wildman–Crippen MR) is 47.7 cm³/mol. The van der Waals surface area contributed by atoms with Crippen molar-refractivity contribution in [3.8, 4) is 0 Å². The van der Waals surface area contributed by atoms with E-state index in [1.165, 1.54) is 19.2 Å². The molecule has 74 valence electrons. The van der Waals surface area contributed by atoms with Crippen molar-refractivity contribution >= 4 is 17.7 Å². The molecule has 1 heterocycles. The monoisotopic (exact) mass is 195 g/mol. The van der Waals surface area contributed by atoms with E-state index in [1.807, 2.05) is 0 Å². The summed E-state index contributed by atoms with van der Waals surface area (Å²) in [6, 6.07) is 1.49. The standard InChI is InChI=1S/C8H9N3O3/c1-5(12)10-6-2-3-9-7(11-6)4-8(13)14/h2-3H,4H2,1H3,(H,13,14)(H,9,10,11,12). The molecule has 2 N–H and O–H groups in total. The predicted octanol–water partition coefficient (Wildman–Crippen LogP) is 0.0621. The molecule has 6 nitrogen and oxygen atoms in total. The molecule has 0 radical (unpaired) electrons. The second kappa shape index (κ2) is 4.31. The summed E-state index contributed by atoms with van der Waals surface area (Å²) in [5.41, 5.74) is 0. The molecule has 0 unspecified atom stereocenters. The van der Waals surface area contributed by atoms with Crippen LogP contribution >= 0.6 is 0 Å². The summed E-state index contributed by atoms with van der Waals surface area (Å²) in [5.74, 6) is -0.789. The Morgan fingerprint density at radius 3 is 2.86 bits per heavy atom. The first-order chi connectivity index (χ1) is 6.58. The van der Waals surface area contributed by atoms with Crippen molar-refractivity contribution in [1.29, 1.82) is 0 Å². The van der Waals surface area contributed by atoms with Crippen LogP contribution in [0.4, 0.5) is 5.82 Å². The van der Waals surface area contributed by atoms with Gasteiger partial charge in [-0.1, -0.05) is 0 Å². The Balaban J connectivity index is 2.78. The molecular weight excluding hydrogens is 186 g/mol. The third kappa shape index (κ3) is 3.18. The van der Waals surface area contributed by atoms with Crippen LogP contribution in [0, 0.1) is 0 Å². The number of aromatic nitrogens is 2. The molecule has 0 aliphatic heterocycles. The van der Waals surface area contributed by atoms with Gasteiger partial charge in [-0.05, 0) is 6.07 Å². The number of amides is 1. The number of hydrogen-bond donors (Lipinski definition) is 2. The van der Waals surface area contributed by atoms with Crippen LogP contribution in [0.2, 0.25) is 0 Å². The summed E-state index contributed by atoms with van der Waals surface area (Å²) in [6.07, 6.45) is 1.14. The van der Waals surface area contributed by atoms with Crippen LogP contribution in [0.25, 0.3) is 0 Å². The van der Waals surface area contributed by atoms with E-state index in [9.17, 15) is 9.59 Å². The molecule has 0 aromatic carbocycles. The van der Waals surface area contributed by atoms with Crippen LogP contribution in [-0.4, -0.2) is 27.0 Å². The number of carboxylic acid groups (broad SMARTS) is 1. The summed E-state index contributed by atoms with van der Waals surface area (Å²) < 4.78 is 0. The zero-order valence-corrected chi connectivity index (χ0v) is 7.52. The van der Waals surface area contributed by atoms with Gasteiger partial charge >= 0.3 is 5.97 Å². The molecule has 6 heteroatoms. The average molecular weight is 195 g/mol. The van der Waals surface area contributed by atoms with Crippen LogP contribution in [0.1, 0.15) is 12.7 Å². The smallest absolute Gasteiger partial charge is 0.311 e. The number of rotatable bonds is 3. The maximum atomic E-state index is 10.7. The third-order valence-electron chi connectivity index (χ3n) is 1.32. The molecule has 1 aromatic rings. The molecular formula is C8H9N3O3. The summed E-state index contributed by atoms with van der Waals surface area (Å²) in [4.78, 5) is 28.6. The van der Waals surface area contributed by atoms with Crippen LogP contribution in [0.5, 0.6) is 0 Å². The van der Waals surface area contributed by atoms with Gasteiger partial charge in [-0.15, -0.1) is 0 Å². The van der Waals surface area contributed by atoms with Crippen molar-refractivity contribution in [2.45, 2.75) is 13.3 Å². The lowest BCUT2D eigenvalue weighted by Gasteiger charge is -2.01. The first kappa shape index (κ1) is 10.1. The van der Waals surface area contributed by atoms with Gasteiger partial charge in [0.2, 0.25) is 5.91 Å². The lowest BCUT2D eigenvalue weighted by molar-refractivity contribution is -0.136. The highest BCUT2D eigenvalue weighted by atomic mass is 16.4. The van der Waals surface area contributed by atoms with Crippen molar-refractivity contribution in [1.82, 2.24) is 9.97 Å². The molecule has 1 aromatic heterocycles. The number of carboxylic acids is 1. The first-order valence-corrected chi connectivity index (χ1v) is 3.89. The Labute approximate surface area is 80.0 Å². The highest BCUT2D eigenvalue weighted by molar-refractivity contribution is 5.87. The molecule has 14 heavy (non-hydrogen) atoms. The van der Waals surface area contributed by atoms with Crippen molar-refractivity contribution in [2.24, 2.45) is 0 Å². The van der Waals surface area contributed by atoms with Crippen molar-refractivity contribution in [3.05, 3.63) is 18.1 Å². The number of nitrogens with one attached hydrogen (secondary N) is 1. The van der Waals surface area contributed by atoms with Crippen molar-refractivity contribution < 1.29 is 14.7 Å². The lowest BCUT2D eigenvalue weighted by Crippen LogP contribution is -2.10. The normalized spacial score (nSPS) is 9.50. The van der Waals surface area contributed by atoms with Gasteiger partial charge in [0.1, 0.15) is 18.1 Å². The Kier molecular flexibility index (Phi) is 3.11. The number of aliphatic carboxylic acids is 1. The average Bonchev–Trinajstić information content (AvgIpc) is 2.01. The summed E-state index contributed by atoms with van der Waals surface area (Å²) in [5, 5.41) is 10.9. The number of nitrogens with zero attached hydrogens (tertiary/aromatic N) is 2. The van der Waals surface area contributed by atoms with Gasteiger partial charge in [0.05, 0.1) is 0 Å². The number of carbonyl (C=O) groups excluding carboxylic acids is 1. The zero-order valence-electron chi connectivity index (χ0n) is 7.52. The fraction of sp³-hybridized carbons (Fsp3) is 0.250. The van der Waals surface area contributed by atoms with Gasteiger partial charge in [-0.3, -0.25) is 9.59 Å². The van der Waals surface area contributed by atoms with Crippen LogP contribution in [-0.2, 0) is 16.0 Å². The minimum Gasteiger partial charge on any atom is -0.481 e. The summed E-state index contributed by atoms with van der Waals surface area (Å²) >= 11 is 0. The van der Waals surface area contributed by atoms with E-state index in [0.717, 1.165) is 0 Å². The highest BCUT2D eigenvalue weighted by Crippen LogP contribution is 2.02. The topological polar surface area (TPSA) is 92.2 Å². The Bertz CT molecular complexity index is 333. The van der Waals surface area contributed by atoms with E-state index in [0.29, 0.717) is 5.82 Å². The molecule has 0 fully saturated rings. The second-order valence-electron chi connectivity index (χ2n) is 2.61. The molecule has 0 bridgehead atoms. The van der Waals surface area contributed by atoms with Gasteiger partial charge < -0.3 is 10.4 Å². The molecule has 0 aliphatic rings. The Morgan fingerprint density at radius 1 is 1.57 bits per heavy atom. The minimum atomic E-state index is -1.01. The van der Waals surface area contributed by atoms with E-state index in [4.69, 9.17) is 5.11 Å². The van der Waals surface area contributed by atoms with Crippen molar-refractivity contribution in [3.63, 3.8) is 0 Å². The highest BCUT2D eigenvalue weighted by Gasteiger charge is 2.04. The van der Waals surface area contributed by atoms with E-state index >= 15 is 0 Å². The zero-order chi connectivity index (χ0) is 10.6. The van der Waals surface area contributed by atoms with Crippen LogP contribution in [0.3, 0.4) is 0 Å². The Morgan fingerprint density at radius 2 is 2.29 bits per heavy atom. The Hall–Kier alpha value is -1.98. The minimum absolute atomic E-state index is 0.170. The quantitative estimate of drug-likeness (QED) is 0.711. The van der Waals surface area contributed by atoms with E-state index in [2.05, 4.69) is 15.3 Å². The maximum absolute atomic E-state index is 10.7. The van der Waals surface area contributed by atoms with Crippen molar-refractivity contribution in [2.75, 3.05) is 5.32 Å². The molecule has 0 atom stereocenters. The SMILES string of the molecule is CC(=O)Nc1ccnc(CC(=O)O)n1. The molecule has 0 saturated heterocycles. The molecule has 0 aliphatic carbocycles. The lowest BCUT2D eigenvalue weighted by atomic mass is 10.4. The van der Waals surface area contributed by atoms with Crippen LogP contribution < -0.4 is 5.32 Å². The molecule has 0 saturated carbocycles. The third-order valence-corrected chi connectivity index (χ3v) is 1.32. The first-order valence-electron chi connectivity index (χ1n) is 3.89. The summed E-state index contributed by atoms with van der Waals surface area (Å²) in [7, 11) is 0. The maximum Gasteiger partial charge on any atom is 0.311 e. The molecule has 0 spiro atoms. The number of anilines is 1. The second-order valence-corrected chi connectivity index (χ2v) is 2.61. The molecule has 1 rings (SSSR count). The summed E-state index contributed by atoms with van der Waals surface area (Å²) in [6.45, 7) is 1.35. The van der Waals surface area contributed by atoms with Gasteiger partial charge in [-0.2, -0.15) is 0 Å². The van der Waals surface area contributed by atoms with Crippen LogP contribution in [0.15, 0.2) is 12.3 Å². The fourth-order valence-electron chi connectivity index (χ4n) is 0.869. The van der Waals surface area contributed by atoms with Gasteiger partial charge in [-0.25, -0.2) is 9.97 Å². The number of carbonyl (C=O) groups is 2. The largest absolute Gasteiger partial charge is 0.481 e. The van der Waals surface area contributed by atoms with Gasteiger partial charge in [0.25, 0.3) is 0 Å². The van der Waals surface area contributed by atoms with Gasteiger partial charge in [0.15, 0.2) is 0 Å². The van der Waals surface area contributed by atoms with Gasteiger partial charge in [0, 0.05) is 13.1 Å². The molecule has 1 amide bonds. The fourth-order valence-corrected chi connectivity index (χ4v) is 0.869. The van der Waals surface area contributed by atoms with E-state index in [-0.39, 0.29) is 18.2 Å². The van der Waals surface area contributed by atoms with E-state index < -0.39 is 5.97 Å².